The average Bonchev–Trinajstić information content (AvgIpc) is 2.75. The number of aryl methyl sites for hydroxylation is 2. The number of nitrogens with one attached hydrogen (secondary N) is 2. The molecule has 0 radical (unpaired) electrons. The lowest BCUT2D eigenvalue weighted by atomic mass is 10.0. The molecule has 5 nitrogen and oxygen atoms in total. The quantitative estimate of drug-likeness (QED) is 0.619. The zero-order valence-corrected chi connectivity index (χ0v) is 16.8. The van der Waals surface area contributed by atoms with Crippen LogP contribution >= 0.6 is 0 Å². The van der Waals surface area contributed by atoms with Crippen molar-refractivity contribution < 1.29 is 14.3 Å². The van der Waals surface area contributed by atoms with Gasteiger partial charge in [0.2, 0.25) is 0 Å². The summed E-state index contributed by atoms with van der Waals surface area (Å²) in [4.78, 5) is 25.6. The topological polar surface area (TPSA) is 67.4 Å². The molecule has 0 aliphatic rings. The van der Waals surface area contributed by atoms with Gasteiger partial charge in [-0.15, -0.1) is 0 Å². The molecule has 0 saturated heterocycles. The third kappa shape index (κ3) is 4.63. The molecule has 0 aliphatic carbocycles. The number of rotatable bonds is 6. The number of benzene rings is 3. The van der Waals surface area contributed by atoms with Crippen LogP contribution in [0.4, 0.5) is 11.4 Å². The highest BCUT2D eigenvalue weighted by Crippen LogP contribution is 2.24. The van der Waals surface area contributed by atoms with Crippen molar-refractivity contribution in [1.82, 2.24) is 0 Å². The highest BCUT2D eigenvalue weighted by atomic mass is 16.5. The lowest BCUT2D eigenvalue weighted by Crippen LogP contribution is -2.19. The molecule has 2 N–H and O–H groups in total. The van der Waals surface area contributed by atoms with E-state index < -0.39 is 0 Å². The van der Waals surface area contributed by atoms with E-state index in [4.69, 9.17) is 4.74 Å². The summed E-state index contributed by atoms with van der Waals surface area (Å²) in [6, 6.07) is 19.7. The van der Waals surface area contributed by atoms with Crippen LogP contribution in [0.15, 0.2) is 66.7 Å². The Balaban J connectivity index is 1.83. The SMILES string of the molecule is CCc1cccc(C)c1NC(=O)c1ccccc1NC(=O)c1ccc(OC)cc1. The molecule has 0 heterocycles. The van der Waals surface area contributed by atoms with Crippen LogP contribution in [0, 0.1) is 6.92 Å². The average molecular weight is 388 g/mol. The summed E-state index contributed by atoms with van der Waals surface area (Å²) < 4.78 is 5.12. The third-order valence-electron chi connectivity index (χ3n) is 4.75. The van der Waals surface area contributed by atoms with Gasteiger partial charge in [0.1, 0.15) is 5.75 Å². The number of methoxy groups -OCH3 is 1. The first kappa shape index (κ1) is 20.1. The predicted octanol–water partition coefficient (Wildman–Crippen LogP) is 5.07. The Hall–Kier alpha value is -3.60. The van der Waals surface area contributed by atoms with E-state index in [1.54, 1.807) is 55.6 Å². The molecular formula is C24H24N2O3. The summed E-state index contributed by atoms with van der Waals surface area (Å²) in [5, 5.41) is 5.84. The predicted molar refractivity (Wildman–Crippen MR) is 116 cm³/mol. The van der Waals surface area contributed by atoms with Gasteiger partial charge in [0.15, 0.2) is 0 Å². The molecule has 0 aliphatic heterocycles. The van der Waals surface area contributed by atoms with Crippen molar-refractivity contribution in [3.63, 3.8) is 0 Å². The summed E-state index contributed by atoms with van der Waals surface area (Å²) in [6.07, 6.45) is 0.813. The number of anilines is 2. The fourth-order valence-corrected chi connectivity index (χ4v) is 3.11. The molecular weight excluding hydrogens is 364 g/mol. The van der Waals surface area contributed by atoms with Crippen LogP contribution in [0.25, 0.3) is 0 Å². The normalized spacial score (nSPS) is 10.3. The molecule has 3 aromatic carbocycles. The molecule has 0 aromatic heterocycles. The van der Waals surface area contributed by atoms with E-state index in [2.05, 4.69) is 10.6 Å². The van der Waals surface area contributed by atoms with Crippen molar-refractivity contribution >= 4 is 23.2 Å². The van der Waals surface area contributed by atoms with E-state index in [1.165, 1.54) is 0 Å². The summed E-state index contributed by atoms with van der Waals surface area (Å²) in [5.74, 6) is 0.115. The Morgan fingerprint density at radius 1 is 0.862 bits per heavy atom. The fourth-order valence-electron chi connectivity index (χ4n) is 3.11. The van der Waals surface area contributed by atoms with Gasteiger partial charge in [-0.1, -0.05) is 37.3 Å². The summed E-state index contributed by atoms with van der Waals surface area (Å²) in [7, 11) is 1.57. The van der Waals surface area contributed by atoms with Crippen LogP contribution in [-0.2, 0) is 6.42 Å². The van der Waals surface area contributed by atoms with Crippen LogP contribution in [0.5, 0.6) is 5.75 Å². The lowest BCUT2D eigenvalue weighted by molar-refractivity contribution is 0.102. The van der Waals surface area contributed by atoms with Crippen LogP contribution in [-0.4, -0.2) is 18.9 Å². The molecule has 29 heavy (non-hydrogen) atoms. The summed E-state index contributed by atoms with van der Waals surface area (Å²) >= 11 is 0. The first-order valence-electron chi connectivity index (χ1n) is 9.47. The second kappa shape index (κ2) is 9.06. The van der Waals surface area contributed by atoms with Gasteiger partial charge in [-0.25, -0.2) is 0 Å². The van der Waals surface area contributed by atoms with Crippen molar-refractivity contribution in [2.45, 2.75) is 20.3 Å². The maximum absolute atomic E-state index is 13.0. The third-order valence-corrected chi connectivity index (χ3v) is 4.75. The molecule has 5 heteroatoms. The summed E-state index contributed by atoms with van der Waals surface area (Å²) in [5.41, 5.74) is 4.22. The van der Waals surface area contributed by atoms with E-state index in [0.717, 1.165) is 23.2 Å². The first-order valence-corrected chi connectivity index (χ1v) is 9.47. The van der Waals surface area contributed by atoms with E-state index in [0.29, 0.717) is 22.6 Å². The molecule has 0 bridgehead atoms. The molecule has 148 valence electrons. The van der Waals surface area contributed by atoms with Crippen LogP contribution < -0.4 is 15.4 Å². The van der Waals surface area contributed by atoms with Crippen molar-refractivity contribution in [3.8, 4) is 5.75 Å². The minimum atomic E-state index is -0.293. The molecule has 3 rings (SSSR count). The van der Waals surface area contributed by atoms with Crippen molar-refractivity contribution in [2.75, 3.05) is 17.7 Å². The second-order valence-corrected chi connectivity index (χ2v) is 6.64. The Morgan fingerprint density at radius 3 is 2.28 bits per heavy atom. The van der Waals surface area contributed by atoms with Gasteiger partial charge in [-0.3, -0.25) is 9.59 Å². The Kier molecular flexibility index (Phi) is 6.29. The Morgan fingerprint density at radius 2 is 1.59 bits per heavy atom. The number of carbonyl (C=O) groups is 2. The molecule has 0 fully saturated rings. The maximum Gasteiger partial charge on any atom is 0.257 e. The monoisotopic (exact) mass is 388 g/mol. The molecule has 0 spiro atoms. The largest absolute Gasteiger partial charge is 0.497 e. The highest BCUT2D eigenvalue weighted by Gasteiger charge is 2.16. The smallest absolute Gasteiger partial charge is 0.257 e. The molecule has 0 saturated carbocycles. The number of hydrogen-bond acceptors (Lipinski definition) is 3. The minimum Gasteiger partial charge on any atom is -0.497 e. The highest BCUT2D eigenvalue weighted by molar-refractivity contribution is 6.12. The number of para-hydroxylation sites is 2. The van der Waals surface area contributed by atoms with Gasteiger partial charge in [0, 0.05) is 11.3 Å². The molecule has 0 atom stereocenters. The zero-order chi connectivity index (χ0) is 20.8. The van der Waals surface area contributed by atoms with Gasteiger partial charge < -0.3 is 15.4 Å². The van der Waals surface area contributed by atoms with E-state index >= 15 is 0 Å². The molecule has 3 aromatic rings. The van der Waals surface area contributed by atoms with Crippen LogP contribution in [0.3, 0.4) is 0 Å². The standard InChI is InChI=1S/C24H24N2O3/c1-4-17-9-7-8-16(2)22(17)26-24(28)20-10-5-6-11-21(20)25-23(27)18-12-14-19(29-3)15-13-18/h5-15H,4H2,1-3H3,(H,25,27)(H,26,28). The number of amides is 2. The second-order valence-electron chi connectivity index (χ2n) is 6.64. The van der Waals surface area contributed by atoms with Crippen LogP contribution in [0.2, 0.25) is 0 Å². The minimum absolute atomic E-state index is 0.264. The Labute approximate surface area is 170 Å². The molecule has 0 unspecified atom stereocenters. The lowest BCUT2D eigenvalue weighted by Gasteiger charge is -2.15. The van der Waals surface area contributed by atoms with Gasteiger partial charge in [-0.05, 0) is 60.9 Å². The maximum atomic E-state index is 13.0. The van der Waals surface area contributed by atoms with Crippen molar-refractivity contribution in [2.24, 2.45) is 0 Å². The number of carbonyl (C=O) groups excluding carboxylic acids is 2. The van der Waals surface area contributed by atoms with Crippen LogP contribution in [0.1, 0.15) is 38.8 Å². The number of ether oxygens (including phenoxy) is 1. The van der Waals surface area contributed by atoms with Gasteiger partial charge in [0.05, 0.1) is 18.4 Å². The molecule has 2 amide bonds. The number of hydrogen-bond donors (Lipinski definition) is 2. The van der Waals surface area contributed by atoms with Crippen molar-refractivity contribution in [1.29, 1.82) is 0 Å². The first-order chi connectivity index (χ1) is 14.0. The summed E-state index contributed by atoms with van der Waals surface area (Å²) in [6.45, 7) is 4.01. The van der Waals surface area contributed by atoms with E-state index in [1.807, 2.05) is 32.0 Å². The zero-order valence-electron chi connectivity index (χ0n) is 16.8. The van der Waals surface area contributed by atoms with Gasteiger partial charge in [0.25, 0.3) is 11.8 Å². The van der Waals surface area contributed by atoms with Gasteiger partial charge >= 0.3 is 0 Å². The fraction of sp³-hybridized carbons (Fsp3) is 0.167. The Bertz CT molecular complexity index is 1030. The van der Waals surface area contributed by atoms with Crippen molar-refractivity contribution in [3.05, 3.63) is 89.0 Å². The van der Waals surface area contributed by atoms with E-state index in [-0.39, 0.29) is 11.8 Å². The van der Waals surface area contributed by atoms with E-state index in [9.17, 15) is 9.59 Å². The van der Waals surface area contributed by atoms with Gasteiger partial charge in [-0.2, -0.15) is 0 Å².